The van der Waals surface area contributed by atoms with Crippen LogP contribution in [0.15, 0.2) is 0 Å². The first-order valence-electron chi connectivity index (χ1n) is 6.77. The summed E-state index contributed by atoms with van der Waals surface area (Å²) in [5.41, 5.74) is 0. The van der Waals surface area contributed by atoms with Crippen molar-refractivity contribution < 1.29 is 9.90 Å². The highest BCUT2D eigenvalue weighted by atomic mass is 16.3. The smallest absolute Gasteiger partial charge is 0.317 e. The molecular weight excluding hydrogens is 216 g/mol. The molecule has 1 rings (SSSR count). The number of amides is 2. The molecule has 1 aliphatic heterocycles. The summed E-state index contributed by atoms with van der Waals surface area (Å²) in [7, 11) is 0. The van der Waals surface area contributed by atoms with Gasteiger partial charge in [0, 0.05) is 26.2 Å². The van der Waals surface area contributed by atoms with Gasteiger partial charge in [-0.05, 0) is 37.5 Å². The molecule has 0 radical (unpaired) electrons. The Morgan fingerprint density at radius 2 is 2.00 bits per heavy atom. The lowest BCUT2D eigenvalue weighted by Gasteiger charge is -2.21. The first-order valence-corrected chi connectivity index (χ1v) is 6.77. The van der Waals surface area contributed by atoms with Gasteiger partial charge in [-0.15, -0.1) is 0 Å². The number of carbonyl (C=O) groups is 1. The average molecular weight is 242 g/mol. The molecule has 0 aromatic carbocycles. The maximum atomic E-state index is 11.8. The topological polar surface area (TPSA) is 52.6 Å². The van der Waals surface area contributed by atoms with E-state index in [2.05, 4.69) is 19.2 Å². The predicted molar refractivity (Wildman–Crippen MR) is 68.9 cm³/mol. The van der Waals surface area contributed by atoms with Gasteiger partial charge in [0.05, 0.1) is 0 Å². The molecular formula is C13H26N2O2. The third kappa shape index (κ3) is 5.39. The summed E-state index contributed by atoms with van der Waals surface area (Å²) >= 11 is 0. The predicted octanol–water partition coefficient (Wildman–Crippen LogP) is 1.84. The van der Waals surface area contributed by atoms with Crippen molar-refractivity contribution in [1.29, 1.82) is 0 Å². The summed E-state index contributed by atoms with van der Waals surface area (Å²) in [6.45, 7) is 7.02. The molecule has 0 aromatic rings. The van der Waals surface area contributed by atoms with Crippen molar-refractivity contribution in [2.24, 2.45) is 11.8 Å². The molecule has 0 bridgehead atoms. The Hall–Kier alpha value is -0.770. The SMILES string of the molecule is CC(C)CC(CCO)CNC(=O)N1CCCC1. The molecule has 1 unspecified atom stereocenters. The van der Waals surface area contributed by atoms with Crippen LogP contribution in [0.3, 0.4) is 0 Å². The normalized spacial score (nSPS) is 17.5. The van der Waals surface area contributed by atoms with Gasteiger partial charge >= 0.3 is 6.03 Å². The average Bonchev–Trinajstić information content (AvgIpc) is 2.78. The molecule has 100 valence electrons. The number of hydrogen-bond acceptors (Lipinski definition) is 2. The number of aliphatic hydroxyl groups is 1. The molecule has 0 aromatic heterocycles. The van der Waals surface area contributed by atoms with Crippen molar-refractivity contribution in [1.82, 2.24) is 10.2 Å². The van der Waals surface area contributed by atoms with Gasteiger partial charge < -0.3 is 15.3 Å². The third-order valence-electron chi connectivity index (χ3n) is 3.28. The standard InChI is InChI=1S/C13H26N2O2/c1-11(2)9-12(5-8-16)10-14-13(17)15-6-3-4-7-15/h11-12,16H,3-10H2,1-2H3,(H,14,17). The number of urea groups is 1. The Balaban J connectivity index is 2.26. The Morgan fingerprint density at radius 3 is 2.53 bits per heavy atom. The second kappa shape index (κ2) is 7.54. The number of carbonyl (C=O) groups excluding carboxylic acids is 1. The van der Waals surface area contributed by atoms with Gasteiger partial charge in [0.25, 0.3) is 0 Å². The van der Waals surface area contributed by atoms with Crippen molar-refractivity contribution in [2.45, 2.75) is 39.5 Å². The zero-order valence-corrected chi connectivity index (χ0v) is 11.1. The highest BCUT2D eigenvalue weighted by Gasteiger charge is 2.19. The van der Waals surface area contributed by atoms with Crippen LogP contribution in [-0.2, 0) is 0 Å². The lowest BCUT2D eigenvalue weighted by Crippen LogP contribution is -2.40. The van der Waals surface area contributed by atoms with Gasteiger partial charge in [0.1, 0.15) is 0 Å². The van der Waals surface area contributed by atoms with E-state index >= 15 is 0 Å². The van der Waals surface area contributed by atoms with Gasteiger partial charge in [-0.1, -0.05) is 13.8 Å². The number of nitrogens with one attached hydrogen (secondary N) is 1. The van der Waals surface area contributed by atoms with E-state index in [1.165, 1.54) is 0 Å². The van der Waals surface area contributed by atoms with Gasteiger partial charge in [-0.25, -0.2) is 4.79 Å². The zero-order chi connectivity index (χ0) is 12.7. The molecule has 1 aliphatic rings. The second-order valence-corrected chi connectivity index (χ2v) is 5.39. The number of hydrogen-bond donors (Lipinski definition) is 2. The molecule has 1 fully saturated rings. The Kier molecular flexibility index (Phi) is 6.34. The first kappa shape index (κ1) is 14.3. The zero-order valence-electron chi connectivity index (χ0n) is 11.1. The van der Waals surface area contributed by atoms with Crippen LogP contribution >= 0.6 is 0 Å². The second-order valence-electron chi connectivity index (χ2n) is 5.39. The molecule has 0 aliphatic carbocycles. The minimum Gasteiger partial charge on any atom is -0.396 e. The van der Waals surface area contributed by atoms with Crippen molar-refractivity contribution in [3.05, 3.63) is 0 Å². The fourth-order valence-corrected chi connectivity index (χ4v) is 2.42. The molecule has 4 heteroatoms. The van der Waals surface area contributed by atoms with Crippen molar-refractivity contribution in [3.63, 3.8) is 0 Å². The Labute approximate surface area is 104 Å². The van der Waals surface area contributed by atoms with Gasteiger partial charge in [-0.2, -0.15) is 0 Å². The molecule has 17 heavy (non-hydrogen) atoms. The van der Waals surface area contributed by atoms with E-state index in [-0.39, 0.29) is 12.6 Å². The lowest BCUT2D eigenvalue weighted by molar-refractivity contribution is 0.200. The van der Waals surface area contributed by atoms with Crippen molar-refractivity contribution >= 4 is 6.03 Å². The minimum atomic E-state index is 0.0641. The van der Waals surface area contributed by atoms with Crippen LogP contribution < -0.4 is 5.32 Å². The quantitative estimate of drug-likeness (QED) is 0.746. The molecule has 2 amide bonds. The van der Waals surface area contributed by atoms with E-state index in [4.69, 9.17) is 5.11 Å². The van der Waals surface area contributed by atoms with Crippen molar-refractivity contribution in [3.8, 4) is 0 Å². The largest absolute Gasteiger partial charge is 0.396 e. The number of likely N-dealkylation sites (tertiary alicyclic amines) is 1. The van der Waals surface area contributed by atoms with Crippen LogP contribution in [0.25, 0.3) is 0 Å². The van der Waals surface area contributed by atoms with Crippen molar-refractivity contribution in [2.75, 3.05) is 26.2 Å². The number of aliphatic hydroxyl groups excluding tert-OH is 1. The van der Waals surface area contributed by atoms with Crippen LogP contribution in [0, 0.1) is 11.8 Å². The van der Waals surface area contributed by atoms with Gasteiger partial charge in [-0.3, -0.25) is 0 Å². The summed E-state index contributed by atoms with van der Waals surface area (Å²) < 4.78 is 0. The number of nitrogens with zero attached hydrogens (tertiary/aromatic N) is 1. The first-order chi connectivity index (χ1) is 8.13. The number of rotatable bonds is 6. The van der Waals surface area contributed by atoms with E-state index in [1.54, 1.807) is 0 Å². The van der Waals surface area contributed by atoms with Gasteiger partial charge in [0.2, 0.25) is 0 Å². The van der Waals surface area contributed by atoms with Crippen LogP contribution in [0.4, 0.5) is 4.79 Å². The van der Waals surface area contributed by atoms with Crippen LogP contribution in [-0.4, -0.2) is 42.3 Å². The van der Waals surface area contributed by atoms with Crippen LogP contribution in [0.2, 0.25) is 0 Å². The highest BCUT2D eigenvalue weighted by molar-refractivity contribution is 5.74. The highest BCUT2D eigenvalue weighted by Crippen LogP contribution is 2.14. The summed E-state index contributed by atoms with van der Waals surface area (Å²) in [6, 6.07) is 0.0641. The molecule has 0 saturated carbocycles. The fraction of sp³-hybridized carbons (Fsp3) is 0.923. The van der Waals surface area contributed by atoms with Crippen LogP contribution in [0.1, 0.15) is 39.5 Å². The lowest BCUT2D eigenvalue weighted by atomic mass is 9.94. The van der Waals surface area contributed by atoms with E-state index in [0.717, 1.165) is 38.8 Å². The van der Waals surface area contributed by atoms with Crippen LogP contribution in [0.5, 0.6) is 0 Å². The monoisotopic (exact) mass is 242 g/mol. The van der Waals surface area contributed by atoms with E-state index in [1.807, 2.05) is 4.90 Å². The maximum Gasteiger partial charge on any atom is 0.317 e. The molecule has 4 nitrogen and oxygen atoms in total. The van der Waals surface area contributed by atoms with E-state index in [9.17, 15) is 4.79 Å². The van der Waals surface area contributed by atoms with E-state index in [0.29, 0.717) is 18.4 Å². The fourth-order valence-electron chi connectivity index (χ4n) is 2.42. The molecule has 1 heterocycles. The summed E-state index contributed by atoms with van der Waals surface area (Å²) in [4.78, 5) is 13.7. The van der Waals surface area contributed by atoms with E-state index < -0.39 is 0 Å². The molecule has 1 atom stereocenters. The van der Waals surface area contributed by atoms with Gasteiger partial charge in [0.15, 0.2) is 0 Å². The summed E-state index contributed by atoms with van der Waals surface area (Å²) in [5.74, 6) is 1.00. The Morgan fingerprint density at radius 1 is 1.35 bits per heavy atom. The maximum absolute atomic E-state index is 11.8. The molecule has 1 saturated heterocycles. The molecule has 0 spiro atoms. The Bertz CT molecular complexity index is 225. The summed E-state index contributed by atoms with van der Waals surface area (Å²) in [5, 5.41) is 12.0. The molecule has 2 N–H and O–H groups in total. The minimum absolute atomic E-state index is 0.0641. The third-order valence-corrected chi connectivity index (χ3v) is 3.28. The summed E-state index contributed by atoms with van der Waals surface area (Å²) in [6.07, 6.45) is 4.08.